The molecule has 2 fully saturated rings. The van der Waals surface area contributed by atoms with Crippen molar-refractivity contribution >= 4 is 16.0 Å². The minimum atomic E-state index is -5.08. The van der Waals surface area contributed by atoms with E-state index in [4.69, 9.17) is 14.6 Å². The molecule has 0 unspecified atom stereocenters. The number of ether oxygens (including phenoxy) is 1. The molecule has 3 atom stereocenters. The number of carboxylic acids is 1. The van der Waals surface area contributed by atoms with Crippen molar-refractivity contribution in [1.82, 2.24) is 9.21 Å². The first kappa shape index (κ1) is 24.5. The fraction of sp³-hybridized carbons (Fsp3) is 0.611. The van der Waals surface area contributed by atoms with Gasteiger partial charge in [-0.3, -0.25) is 0 Å². The maximum atomic E-state index is 13.3. The molecule has 0 aromatic heterocycles. The summed E-state index contributed by atoms with van der Waals surface area (Å²) in [5.74, 6) is -2.67. The lowest BCUT2D eigenvalue weighted by molar-refractivity contribution is -0.192. The van der Waals surface area contributed by atoms with E-state index in [9.17, 15) is 26.0 Å². The summed E-state index contributed by atoms with van der Waals surface area (Å²) >= 11 is 0. The van der Waals surface area contributed by atoms with Gasteiger partial charge in [-0.2, -0.15) is 17.5 Å². The normalized spacial score (nSPS) is 24.8. The van der Waals surface area contributed by atoms with Gasteiger partial charge in [-0.05, 0) is 44.6 Å². The number of hydrogen-bond acceptors (Lipinski definition) is 5. The molecular formula is C18H24F4N2O5S. The van der Waals surface area contributed by atoms with Gasteiger partial charge in [0.05, 0.1) is 17.6 Å². The van der Waals surface area contributed by atoms with Crippen molar-refractivity contribution in [2.45, 2.75) is 23.6 Å². The number of carbonyl (C=O) groups is 1. The lowest BCUT2D eigenvalue weighted by Gasteiger charge is -2.35. The number of nitrogens with zero attached hydrogens (tertiary/aromatic N) is 2. The van der Waals surface area contributed by atoms with E-state index in [1.807, 2.05) is 14.1 Å². The molecular weight excluding hydrogens is 432 g/mol. The molecule has 0 spiro atoms. The lowest BCUT2D eigenvalue weighted by Crippen LogP contribution is -2.45. The van der Waals surface area contributed by atoms with E-state index >= 15 is 0 Å². The molecule has 3 rings (SSSR count). The minimum Gasteiger partial charge on any atom is -0.475 e. The van der Waals surface area contributed by atoms with E-state index in [1.54, 1.807) is 0 Å². The van der Waals surface area contributed by atoms with Crippen LogP contribution in [0.4, 0.5) is 17.6 Å². The third-order valence-corrected chi connectivity index (χ3v) is 6.84. The zero-order valence-electron chi connectivity index (χ0n) is 16.5. The van der Waals surface area contributed by atoms with E-state index in [1.165, 1.54) is 22.5 Å². The SMILES string of the molecule is CN(C)C[C@@H]1OC[C@H]2CN(S(=O)(=O)c3cccc(F)c3)CC[C@H]21.O=C(O)C(F)(F)F. The maximum absolute atomic E-state index is 13.3. The van der Waals surface area contributed by atoms with Crippen LogP contribution in [0.2, 0.25) is 0 Å². The Morgan fingerprint density at radius 2 is 1.97 bits per heavy atom. The standard InChI is InChI=1S/C16H23FN2O3S.C2HF3O2/c1-18(2)10-16-15-6-7-19(9-12(15)11-22-16)23(20,21)14-5-3-4-13(17)8-14;3-2(4,5)1(6)7/h3-5,8,12,15-16H,6-7,9-11H2,1-2H3;(H,6,7)/t12-,15-,16+;/m1./s1. The Balaban J connectivity index is 0.000000396. The highest BCUT2D eigenvalue weighted by Gasteiger charge is 2.43. The topological polar surface area (TPSA) is 87.2 Å². The number of benzene rings is 1. The van der Waals surface area contributed by atoms with Crippen molar-refractivity contribution in [3.8, 4) is 0 Å². The van der Waals surface area contributed by atoms with Crippen LogP contribution in [-0.2, 0) is 19.6 Å². The number of aliphatic carboxylic acids is 1. The van der Waals surface area contributed by atoms with E-state index in [0.717, 1.165) is 19.0 Å². The van der Waals surface area contributed by atoms with Gasteiger partial charge < -0.3 is 14.7 Å². The quantitative estimate of drug-likeness (QED) is 0.698. The molecule has 0 aliphatic carbocycles. The third kappa shape index (κ3) is 6.13. The first-order valence-corrected chi connectivity index (χ1v) is 10.6. The van der Waals surface area contributed by atoms with Gasteiger partial charge in [0, 0.05) is 25.6 Å². The monoisotopic (exact) mass is 456 g/mol. The van der Waals surface area contributed by atoms with Gasteiger partial charge in [-0.15, -0.1) is 0 Å². The molecule has 12 heteroatoms. The molecule has 170 valence electrons. The number of alkyl halides is 3. The summed E-state index contributed by atoms with van der Waals surface area (Å²) in [7, 11) is 0.392. The predicted molar refractivity (Wildman–Crippen MR) is 98.7 cm³/mol. The summed E-state index contributed by atoms with van der Waals surface area (Å²) in [4.78, 5) is 11.0. The number of halogens is 4. The summed E-state index contributed by atoms with van der Waals surface area (Å²) in [6.07, 6.45) is -4.12. The first-order chi connectivity index (χ1) is 13.8. The smallest absolute Gasteiger partial charge is 0.475 e. The van der Waals surface area contributed by atoms with Crippen LogP contribution in [0, 0.1) is 17.7 Å². The van der Waals surface area contributed by atoms with Crippen LogP contribution in [0.3, 0.4) is 0 Å². The fourth-order valence-electron chi connectivity index (χ4n) is 3.60. The second-order valence-electron chi connectivity index (χ2n) is 7.47. The Morgan fingerprint density at radius 3 is 2.50 bits per heavy atom. The zero-order valence-corrected chi connectivity index (χ0v) is 17.3. The van der Waals surface area contributed by atoms with Gasteiger partial charge in [-0.25, -0.2) is 17.6 Å². The molecule has 2 aliphatic rings. The van der Waals surface area contributed by atoms with Crippen molar-refractivity contribution in [2.75, 3.05) is 40.3 Å². The van der Waals surface area contributed by atoms with Gasteiger partial charge in [0.15, 0.2) is 0 Å². The molecule has 0 saturated carbocycles. The van der Waals surface area contributed by atoms with Crippen LogP contribution in [0.1, 0.15) is 6.42 Å². The van der Waals surface area contributed by atoms with Crippen LogP contribution in [0.25, 0.3) is 0 Å². The highest BCUT2D eigenvalue weighted by molar-refractivity contribution is 7.89. The van der Waals surface area contributed by atoms with Crippen molar-refractivity contribution in [1.29, 1.82) is 0 Å². The number of likely N-dealkylation sites (N-methyl/N-ethyl adjacent to an activating group) is 1. The van der Waals surface area contributed by atoms with Crippen molar-refractivity contribution in [3.63, 3.8) is 0 Å². The highest BCUT2D eigenvalue weighted by Crippen LogP contribution is 2.36. The summed E-state index contributed by atoms with van der Waals surface area (Å²) in [6.45, 7) is 2.37. The number of hydrogen-bond donors (Lipinski definition) is 1. The number of carboxylic acid groups (broad SMARTS) is 1. The molecule has 2 aliphatic heterocycles. The van der Waals surface area contributed by atoms with Crippen molar-refractivity contribution in [2.24, 2.45) is 11.8 Å². The van der Waals surface area contributed by atoms with Gasteiger partial charge in [-0.1, -0.05) is 6.07 Å². The predicted octanol–water partition coefficient (Wildman–Crippen LogP) is 2.05. The zero-order chi connectivity index (χ0) is 22.7. The average molecular weight is 456 g/mol. The van der Waals surface area contributed by atoms with E-state index in [2.05, 4.69) is 4.90 Å². The molecule has 30 heavy (non-hydrogen) atoms. The van der Waals surface area contributed by atoms with Gasteiger partial charge in [0.2, 0.25) is 10.0 Å². The fourth-order valence-corrected chi connectivity index (χ4v) is 5.14. The highest BCUT2D eigenvalue weighted by atomic mass is 32.2. The molecule has 0 radical (unpaired) electrons. The third-order valence-electron chi connectivity index (χ3n) is 4.98. The molecule has 7 nitrogen and oxygen atoms in total. The first-order valence-electron chi connectivity index (χ1n) is 9.14. The number of fused-ring (bicyclic) bond motifs is 1. The molecule has 0 bridgehead atoms. The van der Waals surface area contributed by atoms with Gasteiger partial charge >= 0.3 is 12.1 Å². The second kappa shape index (κ2) is 9.58. The molecule has 0 amide bonds. The Kier molecular flexibility index (Phi) is 7.83. The molecule has 1 N–H and O–H groups in total. The second-order valence-corrected chi connectivity index (χ2v) is 9.41. The van der Waals surface area contributed by atoms with E-state index < -0.39 is 28.0 Å². The maximum Gasteiger partial charge on any atom is 0.490 e. The Hall–Kier alpha value is -1.76. The van der Waals surface area contributed by atoms with Crippen LogP contribution in [0.15, 0.2) is 29.2 Å². The van der Waals surface area contributed by atoms with Crippen LogP contribution in [0.5, 0.6) is 0 Å². The summed E-state index contributed by atoms with van der Waals surface area (Å²) in [6, 6.07) is 5.22. The summed E-state index contributed by atoms with van der Waals surface area (Å²) in [5.41, 5.74) is 0. The Labute approximate surface area is 172 Å². The average Bonchev–Trinajstić information content (AvgIpc) is 3.03. The van der Waals surface area contributed by atoms with Crippen LogP contribution in [-0.4, -0.2) is 81.3 Å². The van der Waals surface area contributed by atoms with E-state index in [-0.39, 0.29) is 16.9 Å². The summed E-state index contributed by atoms with van der Waals surface area (Å²) < 4.78 is 77.8. The Morgan fingerprint density at radius 1 is 1.33 bits per heavy atom. The molecule has 2 saturated heterocycles. The lowest BCUT2D eigenvalue weighted by atomic mass is 9.85. The van der Waals surface area contributed by atoms with Crippen LogP contribution >= 0.6 is 0 Å². The minimum absolute atomic E-state index is 0.0275. The number of piperidine rings is 1. The van der Waals surface area contributed by atoms with Gasteiger partial charge in [0.1, 0.15) is 5.82 Å². The number of rotatable bonds is 4. The molecule has 1 aromatic carbocycles. The van der Waals surface area contributed by atoms with Gasteiger partial charge in [0.25, 0.3) is 0 Å². The van der Waals surface area contributed by atoms with Crippen LogP contribution < -0.4 is 0 Å². The Bertz CT molecular complexity index is 847. The van der Waals surface area contributed by atoms with Crippen molar-refractivity contribution in [3.05, 3.63) is 30.1 Å². The summed E-state index contributed by atoms with van der Waals surface area (Å²) in [5, 5.41) is 7.12. The number of sulfonamides is 1. The molecule has 1 aromatic rings. The van der Waals surface area contributed by atoms with Crippen molar-refractivity contribution < 1.29 is 40.6 Å². The van der Waals surface area contributed by atoms with E-state index in [0.29, 0.717) is 25.6 Å². The largest absolute Gasteiger partial charge is 0.490 e. The molecule has 2 heterocycles.